The van der Waals surface area contributed by atoms with E-state index < -0.39 is 6.04 Å². The molecule has 0 spiro atoms. The van der Waals surface area contributed by atoms with E-state index in [-0.39, 0.29) is 24.2 Å². The Labute approximate surface area is 139 Å². The molecule has 1 aromatic carbocycles. The lowest BCUT2D eigenvalue weighted by Crippen LogP contribution is -2.42. The zero-order valence-electron chi connectivity index (χ0n) is 14.9. The van der Waals surface area contributed by atoms with E-state index in [1.165, 1.54) is 5.56 Å². The van der Waals surface area contributed by atoms with E-state index >= 15 is 0 Å². The average Bonchev–Trinajstić information content (AvgIpc) is 2.46. The van der Waals surface area contributed by atoms with Crippen molar-refractivity contribution in [2.45, 2.75) is 59.5 Å². The van der Waals surface area contributed by atoms with E-state index in [1.54, 1.807) is 6.92 Å². The molecular weight excluding hydrogens is 290 g/mol. The third-order valence-electron chi connectivity index (χ3n) is 3.41. The molecule has 0 amide bonds. The smallest absolute Gasteiger partial charge is 0.307 e. The summed E-state index contributed by atoms with van der Waals surface area (Å²) in [6.07, 6.45) is 1.05. The Hall–Kier alpha value is -1.68. The molecule has 0 saturated heterocycles. The number of esters is 1. The number of ketones is 1. The average molecular weight is 319 g/mol. The van der Waals surface area contributed by atoms with E-state index in [2.05, 4.69) is 19.2 Å². The first-order valence-electron chi connectivity index (χ1n) is 8.38. The van der Waals surface area contributed by atoms with E-state index in [1.807, 2.05) is 38.1 Å². The zero-order chi connectivity index (χ0) is 17.4. The molecule has 1 unspecified atom stereocenters. The minimum atomic E-state index is -0.551. The fourth-order valence-corrected chi connectivity index (χ4v) is 2.49. The second kappa shape index (κ2) is 9.46. The summed E-state index contributed by atoms with van der Waals surface area (Å²) in [6, 6.07) is 7.23. The molecule has 1 atom stereocenters. The van der Waals surface area contributed by atoms with E-state index in [9.17, 15) is 9.59 Å². The van der Waals surface area contributed by atoms with Crippen molar-refractivity contribution in [1.82, 2.24) is 5.32 Å². The number of hydrogen-bond donors (Lipinski definition) is 1. The highest BCUT2D eigenvalue weighted by molar-refractivity contribution is 6.01. The van der Waals surface area contributed by atoms with E-state index in [0.29, 0.717) is 18.1 Å². The van der Waals surface area contributed by atoms with Crippen molar-refractivity contribution >= 4 is 11.8 Å². The maximum absolute atomic E-state index is 12.7. The maximum atomic E-state index is 12.7. The minimum absolute atomic E-state index is 0.0542. The van der Waals surface area contributed by atoms with Gasteiger partial charge in [-0.15, -0.1) is 0 Å². The standard InChI is InChI=1S/C19H29NO3/c1-6-23-18(21)12-17(20-14(4)5)19(22)16-9-7-15(8-10-16)11-13(2)3/h7-10,13-14,17,20H,6,11-12H2,1-5H3. The molecule has 128 valence electrons. The largest absolute Gasteiger partial charge is 0.466 e. The van der Waals surface area contributed by atoms with Gasteiger partial charge in [0.15, 0.2) is 5.78 Å². The van der Waals surface area contributed by atoms with Crippen LogP contribution in [0.2, 0.25) is 0 Å². The van der Waals surface area contributed by atoms with Gasteiger partial charge in [-0.2, -0.15) is 0 Å². The van der Waals surface area contributed by atoms with Gasteiger partial charge in [0.1, 0.15) is 0 Å². The number of benzene rings is 1. The van der Waals surface area contributed by atoms with Crippen LogP contribution in [0.4, 0.5) is 0 Å². The quantitative estimate of drug-likeness (QED) is 0.560. The third kappa shape index (κ3) is 6.95. The Bertz CT molecular complexity index is 506. The second-order valence-corrected chi connectivity index (χ2v) is 6.54. The molecule has 0 fully saturated rings. The summed E-state index contributed by atoms with van der Waals surface area (Å²) in [5.74, 6) is 0.161. The first kappa shape index (κ1) is 19.4. The molecule has 1 N–H and O–H groups in total. The van der Waals surface area contributed by atoms with Crippen LogP contribution in [0.25, 0.3) is 0 Å². The third-order valence-corrected chi connectivity index (χ3v) is 3.41. The molecule has 0 bridgehead atoms. The van der Waals surface area contributed by atoms with Gasteiger partial charge in [0, 0.05) is 11.6 Å². The first-order valence-corrected chi connectivity index (χ1v) is 8.38. The molecule has 1 aromatic rings. The number of carbonyl (C=O) groups excluding carboxylic acids is 2. The van der Waals surface area contributed by atoms with Gasteiger partial charge in [-0.1, -0.05) is 52.0 Å². The number of Topliss-reactive ketones (excluding diaryl/α,β-unsaturated/α-hetero) is 1. The van der Waals surface area contributed by atoms with Crippen LogP contribution < -0.4 is 5.32 Å². The fraction of sp³-hybridized carbons (Fsp3) is 0.579. The van der Waals surface area contributed by atoms with Gasteiger partial charge in [0.05, 0.1) is 19.1 Å². The van der Waals surface area contributed by atoms with E-state index in [4.69, 9.17) is 4.74 Å². The number of carbonyl (C=O) groups is 2. The molecule has 0 aliphatic carbocycles. The number of nitrogens with one attached hydrogen (secondary N) is 1. The van der Waals surface area contributed by atoms with Crippen molar-refractivity contribution in [2.75, 3.05) is 6.61 Å². The molecule has 4 nitrogen and oxygen atoms in total. The maximum Gasteiger partial charge on any atom is 0.307 e. The minimum Gasteiger partial charge on any atom is -0.466 e. The van der Waals surface area contributed by atoms with Crippen LogP contribution in [0.15, 0.2) is 24.3 Å². The molecule has 0 saturated carbocycles. The summed E-state index contributed by atoms with van der Waals surface area (Å²) in [5.41, 5.74) is 1.84. The second-order valence-electron chi connectivity index (χ2n) is 6.54. The molecule has 0 aliphatic heterocycles. The summed E-state index contributed by atoms with van der Waals surface area (Å²) in [5, 5.41) is 3.16. The molecule has 0 heterocycles. The highest BCUT2D eigenvalue weighted by Gasteiger charge is 2.24. The van der Waals surface area contributed by atoms with Gasteiger partial charge in [-0.05, 0) is 24.8 Å². The van der Waals surface area contributed by atoms with Crippen molar-refractivity contribution in [3.05, 3.63) is 35.4 Å². The Kier molecular flexibility index (Phi) is 7.96. The Balaban J connectivity index is 2.84. The SMILES string of the molecule is CCOC(=O)CC(NC(C)C)C(=O)c1ccc(CC(C)C)cc1. The van der Waals surface area contributed by atoms with Gasteiger partial charge in [-0.3, -0.25) is 9.59 Å². The topological polar surface area (TPSA) is 55.4 Å². The number of ether oxygens (including phenoxy) is 1. The molecule has 23 heavy (non-hydrogen) atoms. The van der Waals surface area contributed by atoms with Crippen LogP contribution in [0.1, 0.15) is 57.0 Å². The van der Waals surface area contributed by atoms with Crippen LogP contribution in [-0.4, -0.2) is 30.4 Å². The monoisotopic (exact) mass is 319 g/mol. The predicted molar refractivity (Wildman–Crippen MR) is 92.6 cm³/mol. The fourth-order valence-electron chi connectivity index (χ4n) is 2.49. The number of rotatable bonds is 9. The van der Waals surface area contributed by atoms with Crippen molar-refractivity contribution < 1.29 is 14.3 Å². The molecular formula is C19H29NO3. The molecule has 1 rings (SSSR count). The summed E-state index contributed by atoms with van der Waals surface area (Å²) >= 11 is 0. The zero-order valence-corrected chi connectivity index (χ0v) is 14.9. The summed E-state index contributed by atoms with van der Waals surface area (Å²) in [7, 11) is 0. The molecule has 0 aromatic heterocycles. The van der Waals surface area contributed by atoms with Crippen LogP contribution in [0.3, 0.4) is 0 Å². The Morgan fingerprint density at radius 3 is 2.17 bits per heavy atom. The van der Waals surface area contributed by atoms with Crippen molar-refractivity contribution in [2.24, 2.45) is 5.92 Å². The van der Waals surface area contributed by atoms with E-state index in [0.717, 1.165) is 6.42 Å². The van der Waals surface area contributed by atoms with Gasteiger partial charge in [-0.25, -0.2) is 0 Å². The van der Waals surface area contributed by atoms with Crippen molar-refractivity contribution in [3.63, 3.8) is 0 Å². The highest BCUT2D eigenvalue weighted by Crippen LogP contribution is 2.13. The van der Waals surface area contributed by atoms with Gasteiger partial charge >= 0.3 is 5.97 Å². The molecule has 0 radical (unpaired) electrons. The first-order chi connectivity index (χ1) is 10.8. The van der Waals surface area contributed by atoms with Gasteiger partial charge in [0.25, 0.3) is 0 Å². The van der Waals surface area contributed by atoms with Crippen LogP contribution in [0, 0.1) is 5.92 Å². The summed E-state index contributed by atoms with van der Waals surface area (Å²) in [6.45, 7) is 10.3. The van der Waals surface area contributed by atoms with Crippen molar-refractivity contribution in [3.8, 4) is 0 Å². The lowest BCUT2D eigenvalue weighted by Gasteiger charge is -2.19. The lowest BCUT2D eigenvalue weighted by atomic mass is 9.97. The van der Waals surface area contributed by atoms with Crippen LogP contribution in [0.5, 0.6) is 0 Å². The van der Waals surface area contributed by atoms with Crippen LogP contribution in [-0.2, 0) is 16.0 Å². The van der Waals surface area contributed by atoms with Crippen LogP contribution >= 0.6 is 0 Å². The highest BCUT2D eigenvalue weighted by atomic mass is 16.5. The summed E-state index contributed by atoms with van der Waals surface area (Å²) < 4.78 is 4.97. The predicted octanol–water partition coefficient (Wildman–Crippen LogP) is 3.39. The Morgan fingerprint density at radius 1 is 1.09 bits per heavy atom. The van der Waals surface area contributed by atoms with Gasteiger partial charge < -0.3 is 10.1 Å². The summed E-state index contributed by atoms with van der Waals surface area (Å²) in [4.78, 5) is 24.4. The number of hydrogen-bond acceptors (Lipinski definition) is 4. The van der Waals surface area contributed by atoms with Gasteiger partial charge in [0.2, 0.25) is 0 Å². The molecule has 0 aliphatic rings. The Morgan fingerprint density at radius 2 is 1.70 bits per heavy atom. The van der Waals surface area contributed by atoms with Crippen molar-refractivity contribution in [1.29, 1.82) is 0 Å². The normalized spacial score (nSPS) is 12.5. The molecule has 4 heteroatoms. The lowest BCUT2D eigenvalue weighted by molar-refractivity contribution is -0.143.